The van der Waals surface area contributed by atoms with Gasteiger partial charge >= 0.3 is 0 Å². The highest BCUT2D eigenvalue weighted by Crippen LogP contribution is 2.25. The zero-order valence-electron chi connectivity index (χ0n) is 12.0. The molecule has 0 N–H and O–H groups in total. The zero-order valence-corrected chi connectivity index (χ0v) is 13.6. The normalized spacial score (nSPS) is 13.4. The van der Waals surface area contributed by atoms with Gasteiger partial charge in [0, 0.05) is 18.6 Å². The first-order chi connectivity index (χ1) is 10.2. The first-order valence-corrected chi connectivity index (χ1v) is 7.05. The van der Waals surface area contributed by atoms with E-state index in [0.717, 1.165) is 30.3 Å². The number of halogens is 2. The van der Waals surface area contributed by atoms with Gasteiger partial charge in [-0.25, -0.2) is 4.99 Å². The Bertz CT molecular complexity index is 642. The van der Waals surface area contributed by atoms with Crippen LogP contribution in [0.4, 0.5) is 0 Å². The second kappa shape index (κ2) is 7.38. The van der Waals surface area contributed by atoms with Crippen LogP contribution in [-0.4, -0.2) is 31.1 Å². The molecule has 22 heavy (non-hydrogen) atoms. The van der Waals surface area contributed by atoms with Gasteiger partial charge in [-0.3, -0.25) is 0 Å². The SMILES string of the molecule is CN1CCN=C1Oc1ccc(Oc2ccc(Cl)cc2)cc1.Cl. The predicted molar refractivity (Wildman–Crippen MR) is 90.8 cm³/mol. The van der Waals surface area contributed by atoms with E-state index in [9.17, 15) is 0 Å². The van der Waals surface area contributed by atoms with E-state index in [1.807, 2.05) is 48.3 Å². The molecule has 1 heterocycles. The molecule has 0 bridgehead atoms. The number of nitrogens with zero attached hydrogens (tertiary/aromatic N) is 2. The minimum atomic E-state index is 0. The fourth-order valence-electron chi connectivity index (χ4n) is 1.94. The van der Waals surface area contributed by atoms with E-state index in [4.69, 9.17) is 21.1 Å². The minimum absolute atomic E-state index is 0. The summed E-state index contributed by atoms with van der Waals surface area (Å²) in [6.45, 7) is 1.68. The third kappa shape index (κ3) is 4.06. The lowest BCUT2D eigenvalue weighted by atomic mass is 10.3. The van der Waals surface area contributed by atoms with E-state index in [-0.39, 0.29) is 12.4 Å². The predicted octanol–water partition coefficient (Wildman–Crippen LogP) is 4.23. The maximum absolute atomic E-state index is 5.84. The molecule has 2 aromatic carbocycles. The Morgan fingerprint density at radius 2 is 1.41 bits per heavy atom. The van der Waals surface area contributed by atoms with Crippen molar-refractivity contribution >= 4 is 30.0 Å². The van der Waals surface area contributed by atoms with Crippen molar-refractivity contribution in [2.24, 2.45) is 4.99 Å². The number of hydrogen-bond donors (Lipinski definition) is 0. The summed E-state index contributed by atoms with van der Waals surface area (Å²) in [6, 6.07) is 15.3. The van der Waals surface area contributed by atoms with Crippen LogP contribution in [0.3, 0.4) is 0 Å². The Hall–Kier alpha value is -1.91. The monoisotopic (exact) mass is 338 g/mol. The Morgan fingerprint density at radius 1 is 0.909 bits per heavy atom. The molecule has 0 atom stereocenters. The van der Waals surface area contributed by atoms with Gasteiger partial charge < -0.3 is 14.4 Å². The van der Waals surface area contributed by atoms with E-state index in [1.165, 1.54) is 0 Å². The van der Waals surface area contributed by atoms with Crippen LogP contribution in [0.25, 0.3) is 0 Å². The van der Waals surface area contributed by atoms with Crippen molar-refractivity contribution in [1.29, 1.82) is 0 Å². The van der Waals surface area contributed by atoms with E-state index in [2.05, 4.69) is 4.99 Å². The summed E-state index contributed by atoms with van der Waals surface area (Å²) in [6.07, 6.45) is 0. The first kappa shape index (κ1) is 16.5. The van der Waals surface area contributed by atoms with E-state index in [1.54, 1.807) is 12.1 Å². The van der Waals surface area contributed by atoms with Gasteiger partial charge in [0.05, 0.1) is 6.54 Å². The maximum atomic E-state index is 5.84. The molecular formula is C16H16Cl2N2O2. The molecule has 2 aromatic rings. The largest absolute Gasteiger partial charge is 0.457 e. The lowest BCUT2D eigenvalue weighted by molar-refractivity contribution is 0.421. The molecule has 116 valence electrons. The molecule has 0 aliphatic carbocycles. The standard InChI is InChI=1S/C16H15ClN2O2.ClH/c1-19-11-10-18-16(19)21-15-8-6-14(7-9-15)20-13-4-2-12(17)3-5-13;/h2-9H,10-11H2,1H3;1H. The van der Waals surface area contributed by atoms with E-state index < -0.39 is 0 Å². The Labute approximate surface area is 140 Å². The molecule has 0 fully saturated rings. The van der Waals surface area contributed by atoms with Gasteiger partial charge in [-0.1, -0.05) is 11.6 Å². The summed E-state index contributed by atoms with van der Waals surface area (Å²) in [7, 11) is 1.96. The molecule has 1 aliphatic rings. The van der Waals surface area contributed by atoms with Gasteiger partial charge in [0.15, 0.2) is 0 Å². The Balaban J connectivity index is 0.00000176. The molecule has 0 aromatic heterocycles. The smallest absolute Gasteiger partial charge is 0.292 e. The second-order valence-electron chi connectivity index (χ2n) is 4.72. The van der Waals surface area contributed by atoms with Gasteiger partial charge in [-0.05, 0) is 48.5 Å². The average molecular weight is 339 g/mol. The van der Waals surface area contributed by atoms with Crippen LogP contribution in [0.5, 0.6) is 17.2 Å². The highest BCUT2D eigenvalue weighted by Gasteiger charge is 2.14. The molecular weight excluding hydrogens is 323 g/mol. The van der Waals surface area contributed by atoms with Crippen molar-refractivity contribution in [3.8, 4) is 17.2 Å². The fourth-order valence-corrected chi connectivity index (χ4v) is 2.07. The quantitative estimate of drug-likeness (QED) is 0.839. The molecule has 0 radical (unpaired) electrons. The van der Waals surface area contributed by atoms with Gasteiger partial charge in [-0.15, -0.1) is 12.4 Å². The average Bonchev–Trinajstić information content (AvgIpc) is 2.89. The van der Waals surface area contributed by atoms with Crippen LogP contribution in [-0.2, 0) is 0 Å². The van der Waals surface area contributed by atoms with Crippen molar-refractivity contribution in [1.82, 2.24) is 4.90 Å². The van der Waals surface area contributed by atoms with Crippen LogP contribution >= 0.6 is 24.0 Å². The number of aliphatic imine (C=N–C) groups is 1. The molecule has 3 rings (SSSR count). The van der Waals surface area contributed by atoms with E-state index in [0.29, 0.717) is 11.0 Å². The first-order valence-electron chi connectivity index (χ1n) is 6.68. The number of benzene rings is 2. The second-order valence-corrected chi connectivity index (χ2v) is 5.15. The molecule has 4 nitrogen and oxygen atoms in total. The van der Waals surface area contributed by atoms with Gasteiger partial charge in [0.1, 0.15) is 17.2 Å². The lowest BCUT2D eigenvalue weighted by Gasteiger charge is -2.14. The van der Waals surface area contributed by atoms with Crippen molar-refractivity contribution < 1.29 is 9.47 Å². The zero-order chi connectivity index (χ0) is 14.7. The number of likely N-dealkylation sites (N-methyl/N-ethyl adjacent to an activating group) is 1. The van der Waals surface area contributed by atoms with Gasteiger partial charge in [-0.2, -0.15) is 0 Å². The lowest BCUT2D eigenvalue weighted by Crippen LogP contribution is -2.27. The van der Waals surface area contributed by atoms with Crippen LogP contribution < -0.4 is 9.47 Å². The number of amidine groups is 1. The summed E-state index contributed by atoms with van der Waals surface area (Å²) in [5, 5.41) is 0.688. The molecule has 1 aliphatic heterocycles. The molecule has 0 saturated carbocycles. The summed E-state index contributed by atoms with van der Waals surface area (Å²) < 4.78 is 11.4. The fraction of sp³-hybridized carbons (Fsp3) is 0.188. The van der Waals surface area contributed by atoms with E-state index >= 15 is 0 Å². The third-order valence-electron chi connectivity index (χ3n) is 3.09. The Kier molecular flexibility index (Phi) is 5.52. The molecule has 6 heteroatoms. The van der Waals surface area contributed by atoms with Crippen molar-refractivity contribution in [3.05, 3.63) is 53.6 Å². The van der Waals surface area contributed by atoms with Crippen LogP contribution in [0.2, 0.25) is 5.02 Å². The minimum Gasteiger partial charge on any atom is -0.457 e. The Morgan fingerprint density at radius 3 is 1.91 bits per heavy atom. The van der Waals surface area contributed by atoms with Crippen molar-refractivity contribution in [3.63, 3.8) is 0 Å². The number of ether oxygens (including phenoxy) is 2. The van der Waals surface area contributed by atoms with Crippen LogP contribution in [0.15, 0.2) is 53.5 Å². The summed E-state index contributed by atoms with van der Waals surface area (Å²) in [5.41, 5.74) is 0. The van der Waals surface area contributed by atoms with Gasteiger partial charge in [0.25, 0.3) is 6.02 Å². The van der Waals surface area contributed by atoms with Crippen LogP contribution in [0, 0.1) is 0 Å². The van der Waals surface area contributed by atoms with Crippen LogP contribution in [0.1, 0.15) is 0 Å². The van der Waals surface area contributed by atoms with Crippen molar-refractivity contribution in [2.75, 3.05) is 20.1 Å². The summed E-state index contributed by atoms with van der Waals surface area (Å²) in [4.78, 5) is 6.27. The maximum Gasteiger partial charge on any atom is 0.292 e. The molecule has 0 unspecified atom stereocenters. The number of rotatable bonds is 3. The third-order valence-corrected chi connectivity index (χ3v) is 3.34. The molecule has 0 spiro atoms. The highest BCUT2D eigenvalue weighted by molar-refractivity contribution is 6.30. The summed E-state index contributed by atoms with van der Waals surface area (Å²) in [5.74, 6) is 2.23. The summed E-state index contributed by atoms with van der Waals surface area (Å²) >= 11 is 5.84. The van der Waals surface area contributed by atoms with Crippen molar-refractivity contribution in [2.45, 2.75) is 0 Å². The highest BCUT2D eigenvalue weighted by atomic mass is 35.5. The molecule has 0 saturated heterocycles. The topological polar surface area (TPSA) is 34.1 Å². The molecule has 0 amide bonds. The van der Waals surface area contributed by atoms with Gasteiger partial charge in [0.2, 0.25) is 0 Å². The number of hydrogen-bond acceptors (Lipinski definition) is 4.